The van der Waals surface area contributed by atoms with E-state index in [1.54, 1.807) is 6.07 Å². The van der Waals surface area contributed by atoms with E-state index in [1.807, 2.05) is 4.90 Å². The van der Waals surface area contributed by atoms with Crippen LogP contribution in [0.5, 0.6) is 5.88 Å². The lowest BCUT2D eigenvalue weighted by atomic mass is 9.71. The van der Waals surface area contributed by atoms with Gasteiger partial charge in [-0.3, -0.25) is 4.79 Å². The van der Waals surface area contributed by atoms with Gasteiger partial charge in [0.15, 0.2) is 0 Å². The quantitative estimate of drug-likeness (QED) is 0.917. The number of hydrogen-bond acceptors (Lipinski definition) is 5. The third-order valence-electron chi connectivity index (χ3n) is 5.23. The Hall–Kier alpha value is -1.56. The van der Waals surface area contributed by atoms with Crippen molar-refractivity contribution in [2.24, 2.45) is 5.41 Å². The molecule has 6 heteroatoms. The number of nitrogens with zero attached hydrogens (tertiary/aromatic N) is 2. The molecule has 2 aliphatic rings. The average Bonchev–Trinajstić information content (AvgIpc) is 3.07. The molecule has 3 rings (SSSR count). The van der Waals surface area contributed by atoms with Crippen molar-refractivity contribution < 1.29 is 19.2 Å². The van der Waals surface area contributed by atoms with E-state index in [1.165, 1.54) is 7.11 Å². The molecule has 0 bridgehead atoms. The van der Waals surface area contributed by atoms with E-state index in [4.69, 9.17) is 9.26 Å². The van der Waals surface area contributed by atoms with Gasteiger partial charge in [-0.25, -0.2) is 0 Å². The Kier molecular flexibility index (Phi) is 4.12. The number of amides is 1. The van der Waals surface area contributed by atoms with Crippen LogP contribution in [0.25, 0.3) is 0 Å². The van der Waals surface area contributed by atoms with Gasteiger partial charge in [0.1, 0.15) is 5.76 Å². The van der Waals surface area contributed by atoms with Crippen molar-refractivity contribution in [1.82, 2.24) is 10.1 Å². The largest absolute Gasteiger partial charge is 0.479 e. The number of carbonyl (C=O) groups excluding carboxylic acids is 1. The third-order valence-corrected chi connectivity index (χ3v) is 5.23. The molecule has 0 unspecified atom stereocenters. The second-order valence-electron chi connectivity index (χ2n) is 6.78. The third kappa shape index (κ3) is 2.84. The van der Waals surface area contributed by atoms with Crippen molar-refractivity contribution >= 4 is 5.91 Å². The van der Waals surface area contributed by atoms with Crippen LogP contribution in [0.1, 0.15) is 44.8 Å². The number of likely N-dealkylation sites (tertiary alicyclic amines) is 1. The molecule has 0 aromatic carbocycles. The number of hydrogen-bond donors (Lipinski definition) is 1. The van der Waals surface area contributed by atoms with Gasteiger partial charge in [0.05, 0.1) is 13.2 Å². The van der Waals surface area contributed by atoms with Crippen LogP contribution in [0.3, 0.4) is 0 Å². The van der Waals surface area contributed by atoms with E-state index >= 15 is 0 Å². The fourth-order valence-corrected chi connectivity index (χ4v) is 3.99. The highest BCUT2D eigenvalue weighted by Crippen LogP contribution is 2.46. The van der Waals surface area contributed by atoms with Crippen LogP contribution in [0, 0.1) is 5.41 Å². The topological polar surface area (TPSA) is 75.8 Å². The van der Waals surface area contributed by atoms with Crippen molar-refractivity contribution in [3.05, 3.63) is 11.8 Å². The molecule has 2 fully saturated rings. The number of aromatic nitrogens is 1. The summed E-state index contributed by atoms with van der Waals surface area (Å²) in [4.78, 5) is 14.6. The minimum atomic E-state index is -0.210. The maximum absolute atomic E-state index is 12.5. The second kappa shape index (κ2) is 5.91. The molecule has 122 valence electrons. The van der Waals surface area contributed by atoms with Crippen molar-refractivity contribution in [2.75, 3.05) is 13.7 Å². The molecule has 1 aromatic rings. The first-order valence-electron chi connectivity index (χ1n) is 7.99. The summed E-state index contributed by atoms with van der Waals surface area (Å²) < 4.78 is 10.1. The number of aryl methyl sites for hydroxylation is 1. The van der Waals surface area contributed by atoms with Gasteiger partial charge < -0.3 is 19.3 Å². The predicted molar refractivity (Wildman–Crippen MR) is 79.5 cm³/mol. The molecule has 6 nitrogen and oxygen atoms in total. The van der Waals surface area contributed by atoms with E-state index in [0.29, 0.717) is 24.5 Å². The van der Waals surface area contributed by atoms with E-state index in [2.05, 4.69) is 12.1 Å². The minimum absolute atomic E-state index is 0.0722. The van der Waals surface area contributed by atoms with Crippen LogP contribution in [-0.2, 0) is 11.2 Å². The molecular formula is C16H24N2O4. The molecule has 1 aliphatic heterocycles. The number of methoxy groups -OCH3 is 1. The van der Waals surface area contributed by atoms with Gasteiger partial charge in [-0.1, -0.05) is 6.92 Å². The molecular weight excluding hydrogens is 284 g/mol. The highest BCUT2D eigenvalue weighted by Gasteiger charge is 2.48. The number of aliphatic hydroxyl groups excluding tert-OH is 1. The zero-order valence-electron chi connectivity index (χ0n) is 13.2. The Balaban J connectivity index is 1.58. The van der Waals surface area contributed by atoms with Crippen molar-refractivity contribution in [2.45, 2.75) is 57.6 Å². The first kappa shape index (κ1) is 15.3. The molecule has 1 amide bonds. The molecule has 0 radical (unpaired) electrons. The summed E-state index contributed by atoms with van der Waals surface area (Å²) in [5, 5.41) is 13.6. The molecule has 1 saturated carbocycles. The van der Waals surface area contributed by atoms with Crippen molar-refractivity contribution in [3.8, 4) is 5.88 Å². The summed E-state index contributed by atoms with van der Waals surface area (Å²) in [7, 11) is 1.54. The van der Waals surface area contributed by atoms with Gasteiger partial charge in [-0.15, -0.1) is 0 Å². The molecule has 1 saturated heterocycles. The zero-order valence-corrected chi connectivity index (χ0v) is 13.2. The standard InChI is InChI=1S/C16H24N2O4/c1-16-7-8-18(13(16)5-3-11(19)10-16)15(20)6-4-12-9-14(21-2)17-22-12/h9,11,13,19H,3-8,10H2,1-2H3/t11-,13-,16+/m1/s1. The molecule has 0 spiro atoms. The Morgan fingerprint density at radius 2 is 2.41 bits per heavy atom. The number of fused-ring (bicyclic) bond motifs is 1. The maximum atomic E-state index is 12.5. The van der Waals surface area contributed by atoms with E-state index in [0.717, 1.165) is 32.2 Å². The smallest absolute Gasteiger partial charge is 0.254 e. The lowest BCUT2D eigenvalue weighted by Crippen LogP contribution is -2.46. The van der Waals surface area contributed by atoms with Crippen LogP contribution in [0.2, 0.25) is 0 Å². The first-order chi connectivity index (χ1) is 10.5. The van der Waals surface area contributed by atoms with Gasteiger partial charge in [0.2, 0.25) is 5.91 Å². The minimum Gasteiger partial charge on any atom is -0.479 e. The lowest BCUT2D eigenvalue weighted by Gasteiger charge is -2.41. The molecule has 1 aliphatic carbocycles. The number of rotatable bonds is 4. The number of ether oxygens (including phenoxy) is 1. The predicted octanol–water partition coefficient (Wildman–Crippen LogP) is 1.77. The molecule has 1 N–H and O–H groups in total. The summed E-state index contributed by atoms with van der Waals surface area (Å²) in [5.41, 5.74) is 0.0722. The molecule has 2 heterocycles. The summed E-state index contributed by atoms with van der Waals surface area (Å²) in [6.07, 6.45) is 4.24. The summed E-state index contributed by atoms with van der Waals surface area (Å²) in [6.45, 7) is 3.00. The lowest BCUT2D eigenvalue weighted by molar-refractivity contribution is -0.134. The van der Waals surface area contributed by atoms with Crippen LogP contribution in [-0.4, -0.2) is 46.9 Å². The molecule has 1 aromatic heterocycles. The van der Waals surface area contributed by atoms with Crippen LogP contribution < -0.4 is 4.74 Å². The first-order valence-corrected chi connectivity index (χ1v) is 7.99. The maximum Gasteiger partial charge on any atom is 0.254 e. The summed E-state index contributed by atoms with van der Waals surface area (Å²) in [6, 6.07) is 1.99. The highest BCUT2D eigenvalue weighted by atomic mass is 16.5. The van der Waals surface area contributed by atoms with E-state index < -0.39 is 0 Å². The fraction of sp³-hybridized carbons (Fsp3) is 0.750. The van der Waals surface area contributed by atoms with Crippen molar-refractivity contribution in [3.63, 3.8) is 0 Å². The Labute approximate surface area is 130 Å². The normalized spacial score (nSPS) is 31.1. The number of carbonyl (C=O) groups is 1. The van der Waals surface area contributed by atoms with Gasteiger partial charge in [-0.2, -0.15) is 0 Å². The average molecular weight is 308 g/mol. The summed E-state index contributed by atoms with van der Waals surface area (Å²) in [5.74, 6) is 1.28. The Morgan fingerprint density at radius 1 is 1.59 bits per heavy atom. The molecule has 22 heavy (non-hydrogen) atoms. The monoisotopic (exact) mass is 308 g/mol. The Bertz CT molecular complexity index is 544. The molecule has 3 atom stereocenters. The van der Waals surface area contributed by atoms with Crippen LogP contribution in [0.15, 0.2) is 10.6 Å². The van der Waals surface area contributed by atoms with E-state index in [-0.39, 0.29) is 23.5 Å². The van der Waals surface area contributed by atoms with Gasteiger partial charge >= 0.3 is 0 Å². The zero-order chi connectivity index (χ0) is 15.7. The number of aliphatic hydroxyl groups is 1. The van der Waals surface area contributed by atoms with Gasteiger partial charge in [0, 0.05) is 31.5 Å². The SMILES string of the molecule is COc1cc(CCC(=O)N2CC[C@@]3(C)C[C@H](O)CC[C@@H]23)on1. The van der Waals surface area contributed by atoms with Crippen LogP contribution >= 0.6 is 0 Å². The second-order valence-corrected chi connectivity index (χ2v) is 6.78. The summed E-state index contributed by atoms with van der Waals surface area (Å²) >= 11 is 0. The fourth-order valence-electron chi connectivity index (χ4n) is 3.99. The highest BCUT2D eigenvalue weighted by molar-refractivity contribution is 5.77. The van der Waals surface area contributed by atoms with Gasteiger partial charge in [0.25, 0.3) is 5.88 Å². The van der Waals surface area contributed by atoms with Gasteiger partial charge in [-0.05, 0) is 36.3 Å². The van der Waals surface area contributed by atoms with Crippen molar-refractivity contribution in [1.29, 1.82) is 0 Å². The van der Waals surface area contributed by atoms with Crippen LogP contribution in [0.4, 0.5) is 0 Å². The Morgan fingerprint density at radius 3 is 3.14 bits per heavy atom. The van der Waals surface area contributed by atoms with E-state index in [9.17, 15) is 9.90 Å².